The Morgan fingerprint density at radius 1 is 1.11 bits per heavy atom. The van der Waals surface area contributed by atoms with Crippen LogP contribution < -0.4 is 14.4 Å². The fraction of sp³-hybridized carbons (Fsp3) is 0.409. The van der Waals surface area contributed by atoms with Crippen LogP contribution in [0, 0.1) is 0 Å². The molecule has 0 aliphatic carbocycles. The monoisotopic (exact) mass is 366 g/mol. The van der Waals surface area contributed by atoms with Gasteiger partial charge in [0.25, 0.3) is 5.91 Å². The van der Waals surface area contributed by atoms with Gasteiger partial charge in [-0.05, 0) is 56.2 Å². The number of amides is 1. The van der Waals surface area contributed by atoms with E-state index in [1.165, 1.54) is 18.5 Å². The fourth-order valence-electron chi connectivity index (χ4n) is 3.86. The summed E-state index contributed by atoms with van der Waals surface area (Å²) in [4.78, 5) is 17.3. The Bertz CT molecular complexity index is 813. The van der Waals surface area contributed by atoms with Crippen LogP contribution in [-0.2, 0) is 6.54 Å². The van der Waals surface area contributed by atoms with Crippen LogP contribution in [0.25, 0.3) is 0 Å². The van der Waals surface area contributed by atoms with Crippen LogP contribution in [0.4, 0.5) is 5.69 Å². The minimum Gasteiger partial charge on any atom is -0.497 e. The summed E-state index contributed by atoms with van der Waals surface area (Å²) in [6.45, 7) is 5.30. The molecule has 1 amide bonds. The van der Waals surface area contributed by atoms with Crippen molar-refractivity contribution in [2.45, 2.75) is 32.4 Å². The van der Waals surface area contributed by atoms with Crippen molar-refractivity contribution in [1.29, 1.82) is 0 Å². The predicted octanol–water partition coefficient (Wildman–Crippen LogP) is 3.72. The van der Waals surface area contributed by atoms with E-state index in [1.54, 1.807) is 7.11 Å². The highest BCUT2D eigenvalue weighted by atomic mass is 16.5. The van der Waals surface area contributed by atoms with Gasteiger partial charge < -0.3 is 19.3 Å². The molecule has 2 aromatic carbocycles. The number of fused-ring (bicyclic) bond motifs is 1. The first kappa shape index (κ1) is 17.7. The van der Waals surface area contributed by atoms with Gasteiger partial charge in [0.2, 0.25) is 0 Å². The molecule has 0 saturated carbocycles. The molecule has 2 aromatic rings. The van der Waals surface area contributed by atoms with E-state index in [0.29, 0.717) is 13.1 Å². The number of anilines is 1. The fourth-order valence-corrected chi connectivity index (χ4v) is 3.86. The average Bonchev–Trinajstić information content (AvgIpc) is 3.17. The third-order valence-corrected chi connectivity index (χ3v) is 5.31. The zero-order valence-electron chi connectivity index (χ0n) is 16.0. The van der Waals surface area contributed by atoms with Crippen molar-refractivity contribution < 1.29 is 14.3 Å². The van der Waals surface area contributed by atoms with Crippen LogP contribution >= 0.6 is 0 Å². The molecular formula is C22H26N2O3. The van der Waals surface area contributed by atoms with Crippen LogP contribution in [0.2, 0.25) is 0 Å². The van der Waals surface area contributed by atoms with E-state index in [2.05, 4.69) is 17.0 Å². The molecule has 0 N–H and O–H groups in total. The highest BCUT2D eigenvalue weighted by Gasteiger charge is 2.25. The molecule has 1 fully saturated rings. The van der Waals surface area contributed by atoms with E-state index in [1.807, 2.05) is 42.2 Å². The maximum atomic E-state index is 13.1. The van der Waals surface area contributed by atoms with Gasteiger partial charge in [0, 0.05) is 42.5 Å². The van der Waals surface area contributed by atoms with Gasteiger partial charge in [-0.25, -0.2) is 0 Å². The summed E-state index contributed by atoms with van der Waals surface area (Å²) in [6, 6.07) is 13.8. The normalized spacial score (nSPS) is 19.3. The van der Waals surface area contributed by atoms with Crippen LogP contribution in [-0.4, -0.2) is 43.7 Å². The van der Waals surface area contributed by atoms with Crippen molar-refractivity contribution in [2.24, 2.45) is 0 Å². The van der Waals surface area contributed by atoms with E-state index in [-0.39, 0.29) is 12.0 Å². The average molecular weight is 366 g/mol. The zero-order valence-corrected chi connectivity index (χ0v) is 16.0. The van der Waals surface area contributed by atoms with Gasteiger partial charge >= 0.3 is 0 Å². The molecule has 1 atom stereocenters. The highest BCUT2D eigenvalue weighted by Crippen LogP contribution is 2.30. The summed E-state index contributed by atoms with van der Waals surface area (Å²) in [5, 5.41) is 0. The molecule has 1 unspecified atom stereocenters. The topological polar surface area (TPSA) is 42.0 Å². The summed E-state index contributed by atoms with van der Waals surface area (Å²) >= 11 is 0. The first-order valence-electron chi connectivity index (χ1n) is 9.62. The van der Waals surface area contributed by atoms with Gasteiger partial charge in [-0.15, -0.1) is 0 Å². The molecule has 5 heteroatoms. The standard InChI is InChI=1S/C22H26N2O3/c1-16-14-24(15-18-7-10-20(26-2)13-21(18)27-16)22(25)17-5-8-19(9-6-17)23-11-3-4-12-23/h5-10,13,16H,3-4,11-12,14-15H2,1-2H3. The van der Waals surface area contributed by atoms with Gasteiger partial charge in [0.05, 0.1) is 13.7 Å². The number of ether oxygens (including phenoxy) is 2. The quantitative estimate of drug-likeness (QED) is 0.830. The van der Waals surface area contributed by atoms with Gasteiger partial charge in [0.15, 0.2) is 0 Å². The number of carbonyl (C=O) groups excluding carboxylic acids is 1. The van der Waals surface area contributed by atoms with Crippen molar-refractivity contribution >= 4 is 11.6 Å². The molecule has 4 rings (SSSR count). The molecular weight excluding hydrogens is 340 g/mol. The lowest BCUT2D eigenvalue weighted by molar-refractivity contribution is 0.0690. The highest BCUT2D eigenvalue weighted by molar-refractivity contribution is 5.94. The van der Waals surface area contributed by atoms with Crippen LogP contribution in [0.15, 0.2) is 42.5 Å². The van der Waals surface area contributed by atoms with Gasteiger partial charge in [-0.3, -0.25) is 4.79 Å². The molecule has 2 heterocycles. The number of carbonyl (C=O) groups is 1. The van der Waals surface area contributed by atoms with Crippen molar-refractivity contribution in [1.82, 2.24) is 4.90 Å². The Morgan fingerprint density at radius 2 is 1.85 bits per heavy atom. The van der Waals surface area contributed by atoms with E-state index in [9.17, 15) is 4.79 Å². The lowest BCUT2D eigenvalue weighted by atomic mass is 10.1. The maximum Gasteiger partial charge on any atom is 0.254 e. The third-order valence-electron chi connectivity index (χ3n) is 5.31. The lowest BCUT2D eigenvalue weighted by Crippen LogP contribution is -2.36. The van der Waals surface area contributed by atoms with Crippen LogP contribution in [0.1, 0.15) is 35.7 Å². The molecule has 27 heavy (non-hydrogen) atoms. The van der Waals surface area contributed by atoms with Crippen molar-refractivity contribution in [3.8, 4) is 11.5 Å². The molecule has 0 aromatic heterocycles. The van der Waals surface area contributed by atoms with Gasteiger partial charge in [-0.2, -0.15) is 0 Å². The largest absolute Gasteiger partial charge is 0.497 e. The predicted molar refractivity (Wildman–Crippen MR) is 106 cm³/mol. The molecule has 142 valence electrons. The van der Waals surface area contributed by atoms with Crippen molar-refractivity contribution in [3.63, 3.8) is 0 Å². The van der Waals surface area contributed by atoms with Crippen molar-refractivity contribution in [2.75, 3.05) is 31.6 Å². The summed E-state index contributed by atoms with van der Waals surface area (Å²) in [5.41, 5.74) is 2.93. The maximum absolute atomic E-state index is 13.1. The zero-order chi connectivity index (χ0) is 18.8. The Morgan fingerprint density at radius 3 is 2.56 bits per heavy atom. The summed E-state index contributed by atoms with van der Waals surface area (Å²) in [5.74, 6) is 1.60. The Hall–Kier alpha value is -2.69. The van der Waals surface area contributed by atoms with Gasteiger partial charge in [0.1, 0.15) is 17.6 Å². The van der Waals surface area contributed by atoms with E-state index < -0.39 is 0 Å². The van der Waals surface area contributed by atoms with E-state index in [0.717, 1.165) is 35.7 Å². The number of nitrogens with zero attached hydrogens (tertiary/aromatic N) is 2. The lowest BCUT2D eigenvalue weighted by Gasteiger charge is -2.23. The Kier molecular flexibility index (Phi) is 4.92. The minimum atomic E-state index is -0.0776. The SMILES string of the molecule is COc1ccc2c(c1)OC(C)CN(C(=O)c1ccc(N3CCCC3)cc1)C2. The minimum absolute atomic E-state index is 0.0436. The molecule has 0 spiro atoms. The summed E-state index contributed by atoms with van der Waals surface area (Å²) < 4.78 is 11.3. The van der Waals surface area contributed by atoms with Crippen LogP contribution in [0.5, 0.6) is 11.5 Å². The molecule has 0 bridgehead atoms. The smallest absolute Gasteiger partial charge is 0.254 e. The molecule has 2 aliphatic heterocycles. The van der Waals surface area contributed by atoms with E-state index in [4.69, 9.17) is 9.47 Å². The number of hydrogen-bond acceptors (Lipinski definition) is 4. The Balaban J connectivity index is 1.53. The Labute approximate surface area is 160 Å². The number of methoxy groups -OCH3 is 1. The molecule has 2 aliphatic rings. The summed E-state index contributed by atoms with van der Waals surface area (Å²) in [6.07, 6.45) is 2.42. The molecule has 1 saturated heterocycles. The number of benzene rings is 2. The van der Waals surface area contributed by atoms with Crippen LogP contribution in [0.3, 0.4) is 0 Å². The summed E-state index contributed by atoms with van der Waals surface area (Å²) in [7, 11) is 1.64. The number of rotatable bonds is 3. The second kappa shape index (κ2) is 7.51. The molecule has 5 nitrogen and oxygen atoms in total. The third kappa shape index (κ3) is 3.72. The first-order chi connectivity index (χ1) is 13.1. The second-order valence-corrected chi connectivity index (χ2v) is 7.33. The molecule has 0 radical (unpaired) electrons. The number of hydrogen-bond donors (Lipinski definition) is 0. The van der Waals surface area contributed by atoms with E-state index >= 15 is 0 Å². The van der Waals surface area contributed by atoms with Crippen molar-refractivity contribution in [3.05, 3.63) is 53.6 Å². The second-order valence-electron chi connectivity index (χ2n) is 7.33. The first-order valence-corrected chi connectivity index (χ1v) is 9.62. The van der Waals surface area contributed by atoms with Gasteiger partial charge in [-0.1, -0.05) is 0 Å².